The first-order valence-corrected chi connectivity index (χ1v) is 12.5. The van der Waals surface area contributed by atoms with Crippen LogP contribution in [0.15, 0.2) is 0 Å². The highest BCUT2D eigenvalue weighted by Crippen LogP contribution is 2.44. The molecule has 0 saturated heterocycles. The van der Waals surface area contributed by atoms with Gasteiger partial charge in [0.2, 0.25) is 0 Å². The van der Waals surface area contributed by atoms with E-state index in [4.69, 9.17) is 13.9 Å². The molecule has 1 aliphatic carbocycles. The smallest absolute Gasteiger partial charge is 0.408 e. The van der Waals surface area contributed by atoms with Crippen molar-refractivity contribution >= 4 is 26.2 Å². The van der Waals surface area contributed by atoms with Crippen molar-refractivity contribution in [1.82, 2.24) is 5.32 Å². The maximum absolute atomic E-state index is 13.0. The van der Waals surface area contributed by atoms with Gasteiger partial charge in [-0.15, -0.1) is 0 Å². The van der Waals surface area contributed by atoms with Gasteiger partial charge in [-0.2, -0.15) is 0 Å². The Hall–Kier alpha value is -1.41. The molecule has 0 aromatic carbocycles. The molecule has 0 aromatic heterocycles. The number of hydrogen-bond acceptors (Lipinski definition) is 6. The van der Waals surface area contributed by atoms with Crippen LogP contribution in [0.5, 0.6) is 0 Å². The minimum atomic E-state index is -2.27. The molecule has 1 amide bonds. The second-order valence-corrected chi connectivity index (χ2v) is 15.4. The number of hydrogen-bond donors (Lipinski definition) is 1. The molecule has 29 heavy (non-hydrogen) atoms. The first-order chi connectivity index (χ1) is 13.1. The van der Waals surface area contributed by atoms with E-state index in [1.54, 1.807) is 20.8 Å². The number of amides is 1. The summed E-state index contributed by atoms with van der Waals surface area (Å²) in [5, 5.41) is 2.71. The Morgan fingerprint density at radius 3 is 1.93 bits per heavy atom. The molecule has 0 aliphatic heterocycles. The maximum atomic E-state index is 13.0. The molecule has 8 heteroatoms. The number of methoxy groups -OCH3 is 1. The zero-order valence-electron chi connectivity index (χ0n) is 19.7. The van der Waals surface area contributed by atoms with Gasteiger partial charge >= 0.3 is 12.1 Å². The molecule has 1 rings (SSSR count). The number of alkyl carbamates (subject to hydrolysis) is 1. The highest BCUT2D eigenvalue weighted by molar-refractivity contribution is 6.77. The number of ether oxygens (including phenoxy) is 2. The molecule has 0 bridgehead atoms. The lowest BCUT2D eigenvalue weighted by Crippen LogP contribution is -2.71. The summed E-state index contributed by atoms with van der Waals surface area (Å²) in [6.45, 7) is 18.2. The molecule has 1 N–H and O–H groups in total. The van der Waals surface area contributed by atoms with Crippen LogP contribution in [0.4, 0.5) is 4.79 Å². The molecular formula is C21H39NO6Si. The molecule has 0 spiro atoms. The lowest BCUT2D eigenvalue weighted by molar-refractivity contribution is -0.161. The van der Waals surface area contributed by atoms with Crippen molar-refractivity contribution in [2.24, 2.45) is 5.92 Å². The van der Waals surface area contributed by atoms with Crippen molar-refractivity contribution in [2.75, 3.05) is 13.7 Å². The molecule has 2 atom stereocenters. The van der Waals surface area contributed by atoms with Crippen molar-refractivity contribution in [1.29, 1.82) is 0 Å². The SMILES string of the molecule is COC(=O)C1CC(CO[Si](C(C)C)(C(C)C)C(C)C)(NC(=O)OC(C)(C)C)C1=O. The van der Waals surface area contributed by atoms with Gasteiger partial charge in [0.25, 0.3) is 0 Å². The number of carbonyl (C=O) groups is 3. The van der Waals surface area contributed by atoms with Gasteiger partial charge in [-0.1, -0.05) is 41.5 Å². The van der Waals surface area contributed by atoms with Crippen LogP contribution < -0.4 is 5.32 Å². The molecule has 1 fully saturated rings. The number of nitrogens with one attached hydrogen (secondary N) is 1. The van der Waals surface area contributed by atoms with Gasteiger partial charge in [0, 0.05) is 6.42 Å². The number of Topliss-reactive ketones (excluding diaryl/α,β-unsaturated/α-hetero) is 1. The topological polar surface area (TPSA) is 90.9 Å². The third-order valence-corrected chi connectivity index (χ3v) is 11.9. The van der Waals surface area contributed by atoms with Crippen LogP contribution in [0.25, 0.3) is 0 Å². The van der Waals surface area contributed by atoms with Gasteiger partial charge in [0.15, 0.2) is 14.1 Å². The lowest BCUT2D eigenvalue weighted by atomic mass is 9.67. The molecule has 0 heterocycles. The van der Waals surface area contributed by atoms with Gasteiger partial charge < -0.3 is 19.2 Å². The number of ketones is 1. The van der Waals surface area contributed by atoms with E-state index in [9.17, 15) is 14.4 Å². The Bertz CT molecular complexity index is 603. The minimum absolute atomic E-state index is 0.0410. The van der Waals surface area contributed by atoms with E-state index in [1.807, 2.05) is 0 Å². The summed E-state index contributed by atoms with van der Waals surface area (Å²) in [6, 6.07) is 0. The Kier molecular flexibility index (Phi) is 8.10. The van der Waals surface area contributed by atoms with E-state index in [0.717, 1.165) is 0 Å². The highest BCUT2D eigenvalue weighted by Gasteiger charge is 2.60. The summed E-state index contributed by atoms with van der Waals surface area (Å²) in [7, 11) is -1.01. The Morgan fingerprint density at radius 2 is 1.59 bits per heavy atom. The largest absolute Gasteiger partial charge is 0.468 e. The number of esters is 1. The van der Waals surface area contributed by atoms with Gasteiger partial charge in [0.05, 0.1) is 13.7 Å². The summed E-state index contributed by atoms with van der Waals surface area (Å²) in [6.07, 6.45) is -0.542. The number of rotatable bonds is 8. The van der Waals surface area contributed by atoms with E-state index >= 15 is 0 Å². The molecule has 1 saturated carbocycles. The zero-order valence-corrected chi connectivity index (χ0v) is 20.7. The van der Waals surface area contributed by atoms with E-state index < -0.39 is 37.4 Å². The summed E-state index contributed by atoms with van der Waals surface area (Å²) < 4.78 is 16.7. The summed E-state index contributed by atoms with van der Waals surface area (Å²) in [5.74, 6) is -1.85. The number of carbonyl (C=O) groups excluding carboxylic acids is 3. The van der Waals surface area contributed by atoms with E-state index in [1.165, 1.54) is 7.11 Å². The molecule has 2 unspecified atom stereocenters. The second-order valence-electron chi connectivity index (χ2n) is 9.96. The second kappa shape index (κ2) is 9.16. The van der Waals surface area contributed by atoms with Crippen LogP contribution in [0.1, 0.15) is 68.7 Å². The van der Waals surface area contributed by atoms with Crippen LogP contribution in [0, 0.1) is 5.92 Å². The van der Waals surface area contributed by atoms with Crippen molar-refractivity contribution in [3.05, 3.63) is 0 Å². The van der Waals surface area contributed by atoms with Crippen LogP contribution >= 0.6 is 0 Å². The standard InChI is InChI=1S/C21H39NO6Si/c1-13(2)29(14(3)4,15(5)6)27-12-21(22-19(25)28-20(7,8)9)11-16(17(21)23)18(24)26-10/h13-16H,11-12H2,1-10H3,(H,22,25). The monoisotopic (exact) mass is 429 g/mol. The molecule has 0 radical (unpaired) electrons. The zero-order chi connectivity index (χ0) is 22.8. The van der Waals surface area contributed by atoms with Gasteiger partial charge in [-0.3, -0.25) is 9.59 Å². The summed E-state index contributed by atoms with van der Waals surface area (Å²) >= 11 is 0. The van der Waals surface area contributed by atoms with Crippen molar-refractivity contribution < 1.29 is 28.3 Å². The van der Waals surface area contributed by atoms with E-state index in [0.29, 0.717) is 16.6 Å². The Labute approximate surface area is 176 Å². The molecule has 168 valence electrons. The Morgan fingerprint density at radius 1 is 1.10 bits per heavy atom. The summed E-state index contributed by atoms with van der Waals surface area (Å²) in [5.41, 5.74) is -0.988. The van der Waals surface area contributed by atoms with E-state index in [-0.39, 0.29) is 18.8 Å². The van der Waals surface area contributed by atoms with Crippen molar-refractivity contribution in [2.45, 2.75) is 96.5 Å². The first kappa shape index (κ1) is 25.6. The third kappa shape index (κ3) is 5.39. The molecule has 7 nitrogen and oxygen atoms in total. The van der Waals surface area contributed by atoms with Crippen LogP contribution in [-0.2, 0) is 23.5 Å². The molecular weight excluding hydrogens is 390 g/mol. The van der Waals surface area contributed by atoms with Gasteiger partial charge in [-0.05, 0) is 37.4 Å². The average Bonchev–Trinajstić information content (AvgIpc) is 2.55. The predicted molar refractivity (Wildman–Crippen MR) is 114 cm³/mol. The van der Waals surface area contributed by atoms with Crippen molar-refractivity contribution in [3.8, 4) is 0 Å². The molecule has 1 aliphatic rings. The fourth-order valence-corrected chi connectivity index (χ4v) is 10.1. The first-order valence-electron chi connectivity index (χ1n) is 10.4. The predicted octanol–water partition coefficient (Wildman–Crippen LogP) is 4.20. The van der Waals surface area contributed by atoms with E-state index in [2.05, 4.69) is 46.9 Å². The minimum Gasteiger partial charge on any atom is -0.468 e. The summed E-state index contributed by atoms with van der Waals surface area (Å²) in [4.78, 5) is 37.3. The fraction of sp³-hybridized carbons (Fsp3) is 0.857. The van der Waals surface area contributed by atoms with Crippen LogP contribution in [0.3, 0.4) is 0 Å². The van der Waals surface area contributed by atoms with Crippen molar-refractivity contribution in [3.63, 3.8) is 0 Å². The quantitative estimate of drug-likeness (QED) is 0.353. The fourth-order valence-electron chi connectivity index (χ4n) is 4.60. The van der Waals surface area contributed by atoms with Crippen LogP contribution in [0.2, 0.25) is 16.6 Å². The molecule has 0 aromatic rings. The average molecular weight is 430 g/mol. The Balaban J connectivity index is 3.15. The van der Waals surface area contributed by atoms with Crippen LogP contribution in [-0.4, -0.2) is 51.0 Å². The van der Waals surface area contributed by atoms with Gasteiger partial charge in [0.1, 0.15) is 17.1 Å². The van der Waals surface area contributed by atoms with Gasteiger partial charge in [-0.25, -0.2) is 4.79 Å². The third-order valence-electron chi connectivity index (χ3n) is 5.84. The lowest BCUT2D eigenvalue weighted by Gasteiger charge is -2.49. The maximum Gasteiger partial charge on any atom is 0.408 e. The highest BCUT2D eigenvalue weighted by atomic mass is 28.4. The normalized spacial score (nSPS) is 22.7.